The van der Waals surface area contributed by atoms with E-state index in [1.165, 1.54) is 6.07 Å². The molecule has 78 valence electrons. The van der Waals surface area contributed by atoms with E-state index in [4.69, 9.17) is 9.90 Å². The number of phenols is 2. The molecule has 3 heteroatoms. The van der Waals surface area contributed by atoms with Gasteiger partial charge in [0.2, 0.25) is 0 Å². The van der Waals surface area contributed by atoms with Gasteiger partial charge in [-0.25, -0.2) is 0 Å². The Balaban J connectivity index is 0.000000791. The van der Waals surface area contributed by atoms with Crippen LogP contribution in [0.5, 0.6) is 11.5 Å². The Labute approximate surface area is 84.0 Å². The molecule has 0 amide bonds. The summed E-state index contributed by atoms with van der Waals surface area (Å²) < 4.78 is 0. The first-order valence-corrected chi connectivity index (χ1v) is 4.22. The largest absolute Gasteiger partial charge is 0.504 e. The van der Waals surface area contributed by atoms with Gasteiger partial charge in [0.05, 0.1) is 0 Å². The second kappa shape index (κ2) is 4.65. The highest BCUT2D eigenvalue weighted by Crippen LogP contribution is 2.30. The number of rotatable bonds is 0. The van der Waals surface area contributed by atoms with E-state index in [1.54, 1.807) is 6.07 Å². The van der Waals surface area contributed by atoms with E-state index in [0.29, 0.717) is 0 Å². The molecule has 0 aliphatic heterocycles. The van der Waals surface area contributed by atoms with Crippen molar-refractivity contribution in [3.8, 4) is 11.5 Å². The van der Waals surface area contributed by atoms with Gasteiger partial charge in [0, 0.05) is 0 Å². The molecular weight excluding hydrogens is 180 g/mol. The number of carbonyl (C=O) groups is 1. The number of hydrogen-bond donors (Lipinski definition) is 2. The Morgan fingerprint density at radius 1 is 1.07 bits per heavy atom. The zero-order chi connectivity index (χ0) is 11.4. The first-order valence-electron chi connectivity index (χ1n) is 4.22. The normalized spacial score (nSPS) is 10.2. The molecule has 0 saturated heterocycles. The van der Waals surface area contributed by atoms with Gasteiger partial charge >= 0.3 is 0 Å². The maximum Gasteiger partial charge on any atom is 0.157 e. The van der Waals surface area contributed by atoms with Crippen LogP contribution in [0.3, 0.4) is 0 Å². The van der Waals surface area contributed by atoms with Crippen LogP contribution in [0.4, 0.5) is 0 Å². The average molecular weight is 196 g/mol. The molecule has 0 aliphatic carbocycles. The summed E-state index contributed by atoms with van der Waals surface area (Å²) in [7, 11) is 0. The maximum absolute atomic E-state index is 9.21. The van der Waals surface area contributed by atoms with Crippen LogP contribution in [0.2, 0.25) is 0 Å². The predicted molar refractivity (Wildman–Crippen MR) is 55.6 cm³/mol. The van der Waals surface area contributed by atoms with E-state index in [2.05, 4.69) is 20.8 Å². The Morgan fingerprint density at radius 3 is 1.93 bits per heavy atom. The summed E-state index contributed by atoms with van der Waals surface area (Å²) in [4.78, 5) is 8.00. The molecule has 0 bridgehead atoms. The van der Waals surface area contributed by atoms with Crippen molar-refractivity contribution in [2.45, 2.75) is 26.2 Å². The van der Waals surface area contributed by atoms with Crippen LogP contribution in [0, 0.1) is 0 Å². The third-order valence-electron chi connectivity index (χ3n) is 1.84. The summed E-state index contributed by atoms with van der Waals surface area (Å²) in [6.45, 7) is 8.16. The van der Waals surface area contributed by atoms with Gasteiger partial charge in [-0.15, -0.1) is 0 Å². The van der Waals surface area contributed by atoms with Crippen LogP contribution in [-0.2, 0) is 10.2 Å². The van der Waals surface area contributed by atoms with Crippen LogP contribution in [-0.4, -0.2) is 17.0 Å². The van der Waals surface area contributed by atoms with E-state index in [1.807, 2.05) is 12.9 Å². The monoisotopic (exact) mass is 196 g/mol. The molecule has 0 fully saturated rings. The fourth-order valence-corrected chi connectivity index (χ4v) is 0.990. The Morgan fingerprint density at radius 2 is 1.57 bits per heavy atom. The second-order valence-electron chi connectivity index (χ2n) is 3.95. The minimum absolute atomic E-state index is 0.00514. The van der Waals surface area contributed by atoms with Crippen molar-refractivity contribution in [1.29, 1.82) is 0 Å². The zero-order valence-electron chi connectivity index (χ0n) is 8.74. The standard InChI is InChI=1S/C10H14O2.CH2O/c1-10(2,3)7-4-5-8(11)9(12)6-7;1-2/h4-6,11-12H,1-3H3;1H2. The fourth-order valence-electron chi connectivity index (χ4n) is 0.990. The van der Waals surface area contributed by atoms with Gasteiger partial charge in [-0.1, -0.05) is 26.8 Å². The van der Waals surface area contributed by atoms with Crippen LogP contribution >= 0.6 is 0 Å². The number of phenolic OH excluding ortho intramolecular Hbond substituents is 2. The van der Waals surface area contributed by atoms with Gasteiger partial charge in [-0.2, -0.15) is 0 Å². The summed E-state index contributed by atoms with van der Waals surface area (Å²) in [6.07, 6.45) is 0. The lowest BCUT2D eigenvalue weighted by Gasteiger charge is -2.19. The molecule has 0 radical (unpaired) electrons. The van der Waals surface area contributed by atoms with Crippen molar-refractivity contribution < 1.29 is 15.0 Å². The van der Waals surface area contributed by atoms with E-state index in [0.717, 1.165) is 5.56 Å². The SMILES string of the molecule is C=O.CC(C)(C)c1ccc(O)c(O)c1. The Hall–Kier alpha value is -1.51. The second-order valence-corrected chi connectivity index (χ2v) is 3.95. The highest BCUT2D eigenvalue weighted by Gasteiger charge is 2.14. The molecule has 0 aliphatic rings. The van der Waals surface area contributed by atoms with Gasteiger partial charge in [0.1, 0.15) is 6.79 Å². The molecule has 2 N–H and O–H groups in total. The highest BCUT2D eigenvalue weighted by atomic mass is 16.3. The van der Waals surface area contributed by atoms with Crippen molar-refractivity contribution in [2.24, 2.45) is 0 Å². The lowest BCUT2D eigenvalue weighted by atomic mass is 9.87. The molecule has 0 atom stereocenters. The molecular formula is C11H16O3. The molecule has 14 heavy (non-hydrogen) atoms. The lowest BCUT2D eigenvalue weighted by Crippen LogP contribution is -2.10. The molecule has 3 nitrogen and oxygen atoms in total. The van der Waals surface area contributed by atoms with Crippen molar-refractivity contribution in [1.82, 2.24) is 0 Å². The molecule has 0 heterocycles. The zero-order valence-corrected chi connectivity index (χ0v) is 8.74. The summed E-state index contributed by atoms with van der Waals surface area (Å²) in [5.41, 5.74) is 1.02. The summed E-state index contributed by atoms with van der Waals surface area (Å²) in [6, 6.07) is 4.92. The molecule has 1 aromatic rings. The van der Waals surface area contributed by atoms with Crippen LogP contribution < -0.4 is 0 Å². The van der Waals surface area contributed by atoms with Gasteiger partial charge < -0.3 is 15.0 Å². The molecule has 0 aromatic heterocycles. The summed E-state index contributed by atoms with van der Waals surface area (Å²) in [5.74, 6) is -0.120. The first kappa shape index (κ1) is 12.5. The Kier molecular flexibility index (Phi) is 4.15. The average Bonchev–Trinajstić information content (AvgIpc) is 2.11. The molecule has 1 rings (SSSR count). The van der Waals surface area contributed by atoms with Crippen molar-refractivity contribution >= 4 is 6.79 Å². The minimum Gasteiger partial charge on any atom is -0.504 e. The topological polar surface area (TPSA) is 57.5 Å². The van der Waals surface area contributed by atoms with Crippen molar-refractivity contribution in [3.05, 3.63) is 23.8 Å². The molecule has 0 unspecified atom stereocenters. The van der Waals surface area contributed by atoms with E-state index in [-0.39, 0.29) is 16.9 Å². The number of benzene rings is 1. The van der Waals surface area contributed by atoms with E-state index in [9.17, 15) is 5.11 Å². The highest BCUT2D eigenvalue weighted by molar-refractivity contribution is 5.42. The van der Waals surface area contributed by atoms with Crippen molar-refractivity contribution in [3.63, 3.8) is 0 Å². The van der Waals surface area contributed by atoms with Crippen LogP contribution in [0.1, 0.15) is 26.3 Å². The smallest absolute Gasteiger partial charge is 0.157 e. The van der Waals surface area contributed by atoms with Gasteiger partial charge in [0.15, 0.2) is 11.5 Å². The first-order chi connectivity index (χ1) is 6.41. The lowest BCUT2D eigenvalue weighted by molar-refractivity contribution is -0.0979. The molecule has 1 aromatic carbocycles. The summed E-state index contributed by atoms with van der Waals surface area (Å²) >= 11 is 0. The van der Waals surface area contributed by atoms with Crippen LogP contribution in [0.25, 0.3) is 0 Å². The van der Waals surface area contributed by atoms with E-state index >= 15 is 0 Å². The van der Waals surface area contributed by atoms with E-state index < -0.39 is 0 Å². The maximum atomic E-state index is 9.21. The van der Waals surface area contributed by atoms with Crippen molar-refractivity contribution in [2.75, 3.05) is 0 Å². The molecule has 0 spiro atoms. The third kappa shape index (κ3) is 3.09. The molecule has 0 saturated carbocycles. The summed E-state index contributed by atoms with van der Waals surface area (Å²) in [5, 5.41) is 18.3. The number of hydrogen-bond acceptors (Lipinski definition) is 3. The minimum atomic E-state index is -0.0667. The fraction of sp³-hybridized carbons (Fsp3) is 0.364. The number of aromatic hydroxyl groups is 2. The number of carbonyl (C=O) groups excluding carboxylic acids is 1. The van der Waals surface area contributed by atoms with Gasteiger partial charge in [0.25, 0.3) is 0 Å². The van der Waals surface area contributed by atoms with Gasteiger partial charge in [-0.05, 0) is 23.1 Å². The van der Waals surface area contributed by atoms with Crippen LogP contribution in [0.15, 0.2) is 18.2 Å². The third-order valence-corrected chi connectivity index (χ3v) is 1.84. The Bertz CT molecular complexity index is 300. The van der Waals surface area contributed by atoms with Gasteiger partial charge in [-0.3, -0.25) is 0 Å². The predicted octanol–water partition coefficient (Wildman–Crippen LogP) is 2.21. The quantitative estimate of drug-likeness (QED) is 0.625.